The number of halogens is 1. The zero-order chi connectivity index (χ0) is 13.9. The summed E-state index contributed by atoms with van der Waals surface area (Å²) in [6.45, 7) is 0. The minimum absolute atomic E-state index is 0.146. The largest absolute Gasteiger partial charge is 0.311 e. The van der Waals surface area contributed by atoms with Crippen molar-refractivity contribution in [2.24, 2.45) is 0 Å². The number of hydrogen-bond acceptors (Lipinski definition) is 4. The lowest BCUT2D eigenvalue weighted by molar-refractivity contribution is 0.575. The van der Waals surface area contributed by atoms with Crippen molar-refractivity contribution >= 4 is 33.2 Å². The van der Waals surface area contributed by atoms with Crippen LogP contribution in [0.3, 0.4) is 0 Å². The Morgan fingerprint density at radius 2 is 2.10 bits per heavy atom. The summed E-state index contributed by atoms with van der Waals surface area (Å²) in [6, 6.07) is 12.2. The number of aromatic nitrogens is 2. The number of thiazole rings is 1. The lowest BCUT2D eigenvalue weighted by Crippen LogP contribution is -2.19. The molecule has 3 aromatic rings. The van der Waals surface area contributed by atoms with Crippen molar-refractivity contribution in [3.05, 3.63) is 58.3 Å². The molecule has 1 N–H and O–H groups in total. The Balaban J connectivity index is 1.85. The highest BCUT2D eigenvalue weighted by atomic mass is 35.5. The molecule has 0 radical (unpaired) electrons. The van der Waals surface area contributed by atoms with Gasteiger partial charge in [0.15, 0.2) is 0 Å². The topological polar surface area (TPSA) is 37.8 Å². The number of likely N-dealkylation sites (N-methyl/N-ethyl adjacent to an activating group) is 1. The summed E-state index contributed by atoms with van der Waals surface area (Å²) in [4.78, 5) is 9.05. The summed E-state index contributed by atoms with van der Waals surface area (Å²) in [6.07, 6.45) is 2.50. The monoisotopic (exact) mass is 303 g/mol. The average Bonchev–Trinajstić information content (AvgIpc) is 2.88. The molecule has 5 heteroatoms. The standard InChI is InChI=1S/C15H14ClN3S/c1-17-13(11-7-6-10(16)9-18-11)8-15-19-12-4-2-3-5-14(12)20-15/h2-7,9,13,17H,8H2,1H3. The molecule has 0 spiro atoms. The van der Waals surface area contributed by atoms with Crippen LogP contribution in [0.2, 0.25) is 5.02 Å². The molecule has 102 valence electrons. The van der Waals surface area contributed by atoms with Gasteiger partial charge in [0.05, 0.1) is 32.0 Å². The van der Waals surface area contributed by atoms with Gasteiger partial charge in [-0.2, -0.15) is 0 Å². The van der Waals surface area contributed by atoms with Gasteiger partial charge in [0.2, 0.25) is 0 Å². The third-order valence-corrected chi connectivity index (χ3v) is 4.45. The number of para-hydroxylation sites is 1. The Morgan fingerprint density at radius 3 is 2.80 bits per heavy atom. The van der Waals surface area contributed by atoms with E-state index in [0.717, 1.165) is 22.6 Å². The van der Waals surface area contributed by atoms with Crippen molar-refractivity contribution in [3.8, 4) is 0 Å². The van der Waals surface area contributed by atoms with Gasteiger partial charge in [0.1, 0.15) is 0 Å². The Kier molecular flexibility index (Phi) is 3.96. The molecule has 1 unspecified atom stereocenters. The first-order valence-corrected chi connectivity index (χ1v) is 7.59. The number of benzene rings is 1. The van der Waals surface area contributed by atoms with Crippen molar-refractivity contribution in [3.63, 3.8) is 0 Å². The van der Waals surface area contributed by atoms with E-state index < -0.39 is 0 Å². The van der Waals surface area contributed by atoms with Crippen LogP contribution in [0.5, 0.6) is 0 Å². The first-order chi connectivity index (χ1) is 9.76. The van der Waals surface area contributed by atoms with Crippen LogP contribution in [-0.4, -0.2) is 17.0 Å². The smallest absolute Gasteiger partial charge is 0.0958 e. The van der Waals surface area contributed by atoms with E-state index in [1.165, 1.54) is 4.70 Å². The molecule has 0 fully saturated rings. The van der Waals surface area contributed by atoms with E-state index in [9.17, 15) is 0 Å². The second kappa shape index (κ2) is 5.87. The van der Waals surface area contributed by atoms with Gasteiger partial charge in [-0.1, -0.05) is 23.7 Å². The van der Waals surface area contributed by atoms with Crippen LogP contribution in [0.4, 0.5) is 0 Å². The van der Waals surface area contributed by atoms with Crippen molar-refractivity contribution in [2.45, 2.75) is 12.5 Å². The van der Waals surface area contributed by atoms with Gasteiger partial charge in [0.25, 0.3) is 0 Å². The van der Waals surface area contributed by atoms with E-state index in [0.29, 0.717) is 5.02 Å². The van der Waals surface area contributed by atoms with Crippen LogP contribution < -0.4 is 5.32 Å². The number of nitrogens with one attached hydrogen (secondary N) is 1. The maximum absolute atomic E-state index is 5.88. The molecule has 0 saturated heterocycles. The molecule has 0 aliphatic carbocycles. The Morgan fingerprint density at radius 1 is 1.25 bits per heavy atom. The zero-order valence-electron chi connectivity index (χ0n) is 11.0. The molecule has 0 saturated carbocycles. The van der Waals surface area contributed by atoms with E-state index >= 15 is 0 Å². The summed E-state index contributed by atoms with van der Waals surface area (Å²) >= 11 is 7.61. The lowest BCUT2D eigenvalue weighted by Gasteiger charge is -2.13. The molecule has 3 nitrogen and oxygen atoms in total. The minimum atomic E-state index is 0.146. The zero-order valence-corrected chi connectivity index (χ0v) is 12.6. The quantitative estimate of drug-likeness (QED) is 0.795. The van der Waals surface area contributed by atoms with Gasteiger partial charge >= 0.3 is 0 Å². The van der Waals surface area contributed by atoms with Gasteiger partial charge in [-0.15, -0.1) is 11.3 Å². The molecule has 0 aliphatic heterocycles. The van der Waals surface area contributed by atoms with Crippen molar-refractivity contribution in [1.29, 1.82) is 0 Å². The molecule has 0 aliphatic rings. The van der Waals surface area contributed by atoms with Crippen LogP contribution >= 0.6 is 22.9 Å². The maximum Gasteiger partial charge on any atom is 0.0958 e. The van der Waals surface area contributed by atoms with E-state index in [1.54, 1.807) is 17.5 Å². The van der Waals surface area contributed by atoms with Gasteiger partial charge in [-0.05, 0) is 31.3 Å². The summed E-state index contributed by atoms with van der Waals surface area (Å²) in [5.74, 6) is 0. The van der Waals surface area contributed by atoms with Crippen LogP contribution in [0.1, 0.15) is 16.7 Å². The summed E-state index contributed by atoms with van der Waals surface area (Å²) in [7, 11) is 1.94. The van der Waals surface area contributed by atoms with Crippen LogP contribution in [0.25, 0.3) is 10.2 Å². The second-order valence-electron chi connectivity index (χ2n) is 4.52. The molecule has 3 rings (SSSR count). The number of fused-ring (bicyclic) bond motifs is 1. The van der Waals surface area contributed by atoms with Crippen molar-refractivity contribution in [1.82, 2.24) is 15.3 Å². The fourth-order valence-electron chi connectivity index (χ4n) is 2.13. The average molecular weight is 304 g/mol. The fourth-order valence-corrected chi connectivity index (χ4v) is 3.25. The van der Waals surface area contributed by atoms with E-state index in [-0.39, 0.29) is 6.04 Å². The van der Waals surface area contributed by atoms with Crippen LogP contribution in [0.15, 0.2) is 42.6 Å². The third-order valence-electron chi connectivity index (χ3n) is 3.17. The molecule has 1 atom stereocenters. The van der Waals surface area contributed by atoms with Crippen LogP contribution in [0, 0.1) is 0 Å². The fraction of sp³-hybridized carbons (Fsp3) is 0.200. The highest BCUT2D eigenvalue weighted by molar-refractivity contribution is 7.18. The molecule has 2 aromatic heterocycles. The van der Waals surface area contributed by atoms with Gasteiger partial charge < -0.3 is 5.32 Å². The predicted molar refractivity (Wildman–Crippen MR) is 84.4 cm³/mol. The van der Waals surface area contributed by atoms with E-state index in [2.05, 4.69) is 21.4 Å². The van der Waals surface area contributed by atoms with Gasteiger partial charge in [-0.3, -0.25) is 4.98 Å². The third kappa shape index (κ3) is 2.82. The first-order valence-electron chi connectivity index (χ1n) is 6.39. The lowest BCUT2D eigenvalue weighted by atomic mass is 10.1. The highest BCUT2D eigenvalue weighted by Gasteiger charge is 2.14. The molecule has 0 amide bonds. The van der Waals surface area contributed by atoms with E-state index in [4.69, 9.17) is 11.6 Å². The van der Waals surface area contributed by atoms with Crippen molar-refractivity contribution in [2.75, 3.05) is 7.05 Å². The number of hydrogen-bond donors (Lipinski definition) is 1. The van der Waals surface area contributed by atoms with E-state index in [1.807, 2.05) is 37.4 Å². The maximum atomic E-state index is 5.88. The molecule has 2 heterocycles. The molecular weight excluding hydrogens is 290 g/mol. The van der Waals surface area contributed by atoms with Gasteiger partial charge in [-0.25, -0.2) is 4.98 Å². The first kappa shape index (κ1) is 13.5. The Bertz CT molecular complexity index is 675. The molecule has 20 heavy (non-hydrogen) atoms. The Hall–Kier alpha value is -1.49. The SMILES string of the molecule is CNC(Cc1nc2ccccc2s1)c1ccc(Cl)cn1. The number of nitrogens with zero attached hydrogens (tertiary/aromatic N) is 2. The number of rotatable bonds is 4. The molecule has 1 aromatic carbocycles. The summed E-state index contributed by atoms with van der Waals surface area (Å²) < 4.78 is 1.22. The van der Waals surface area contributed by atoms with Crippen molar-refractivity contribution < 1.29 is 0 Å². The highest BCUT2D eigenvalue weighted by Crippen LogP contribution is 2.25. The van der Waals surface area contributed by atoms with Crippen LogP contribution in [-0.2, 0) is 6.42 Å². The Labute approximate surface area is 126 Å². The minimum Gasteiger partial charge on any atom is -0.311 e. The summed E-state index contributed by atoms with van der Waals surface area (Å²) in [5.41, 5.74) is 2.04. The van der Waals surface area contributed by atoms with Gasteiger partial charge in [0, 0.05) is 12.6 Å². The predicted octanol–water partition coefficient (Wildman–Crippen LogP) is 3.85. The normalized spacial score (nSPS) is 12.7. The molecular formula is C15H14ClN3S. The summed E-state index contributed by atoms with van der Waals surface area (Å²) in [5, 5.41) is 5.06. The molecule has 0 bridgehead atoms. The second-order valence-corrected chi connectivity index (χ2v) is 6.07. The number of pyridine rings is 1.